The predicted octanol–water partition coefficient (Wildman–Crippen LogP) is 2.53. The van der Waals surface area contributed by atoms with Crippen molar-refractivity contribution in [2.45, 2.75) is 39.2 Å². The molecule has 1 aliphatic rings. The third-order valence-corrected chi connectivity index (χ3v) is 3.05. The van der Waals surface area contributed by atoms with Crippen molar-refractivity contribution in [3.05, 3.63) is 0 Å². The first kappa shape index (κ1) is 13.8. The lowest BCUT2D eigenvalue weighted by Crippen LogP contribution is -2.37. The minimum absolute atomic E-state index is 0.300. The average Bonchev–Trinajstić information content (AvgIpc) is 2.16. The van der Waals surface area contributed by atoms with Gasteiger partial charge in [0.25, 0.3) is 0 Å². The number of nitrogens with zero attached hydrogens (tertiary/aromatic N) is 1. The Bertz CT molecular complexity index is 235. The van der Waals surface area contributed by atoms with E-state index in [2.05, 4.69) is 21.5 Å². The molecule has 0 aliphatic carbocycles. The monoisotopic (exact) mass is 292 g/mol. The number of hydrogen-bond acceptors (Lipinski definition) is 3. The van der Waals surface area contributed by atoms with E-state index in [1.807, 2.05) is 20.8 Å². The van der Waals surface area contributed by atoms with Crippen LogP contribution in [0.4, 0.5) is 4.79 Å². The number of nitrogens with one attached hydrogen (secondary N) is 1. The maximum absolute atomic E-state index is 11.7. The second kappa shape index (κ2) is 5.87. The van der Waals surface area contributed by atoms with E-state index >= 15 is 0 Å². The maximum Gasteiger partial charge on any atom is 0.420 e. The van der Waals surface area contributed by atoms with Crippen LogP contribution in [0.2, 0.25) is 0 Å². The molecule has 94 valence electrons. The molecule has 0 bridgehead atoms. The molecule has 0 spiro atoms. The van der Waals surface area contributed by atoms with Crippen LogP contribution < -0.4 is 5.32 Å². The summed E-state index contributed by atoms with van der Waals surface area (Å²) >= 11 is 3.27. The minimum Gasteiger partial charge on any atom is -0.443 e. The van der Waals surface area contributed by atoms with Crippen LogP contribution >= 0.6 is 16.1 Å². The van der Waals surface area contributed by atoms with Crippen molar-refractivity contribution < 1.29 is 9.53 Å². The lowest BCUT2D eigenvalue weighted by molar-refractivity contribution is 0.0393. The molecule has 0 radical (unpaired) electrons. The zero-order valence-electron chi connectivity index (χ0n) is 10.3. The van der Waals surface area contributed by atoms with E-state index in [1.165, 1.54) is 3.93 Å². The summed E-state index contributed by atoms with van der Waals surface area (Å²) in [5.74, 6) is 0.563. The Hall–Kier alpha value is -0.290. The van der Waals surface area contributed by atoms with Crippen LogP contribution in [0, 0.1) is 5.92 Å². The Kier molecular flexibility index (Phi) is 5.05. The number of hydrogen-bond donors (Lipinski definition) is 1. The van der Waals surface area contributed by atoms with Gasteiger partial charge < -0.3 is 10.1 Å². The van der Waals surface area contributed by atoms with Gasteiger partial charge in [-0.2, -0.15) is 0 Å². The highest BCUT2D eigenvalue weighted by molar-refractivity contribution is 9.07. The second-order valence-electron chi connectivity index (χ2n) is 5.22. The molecule has 0 atom stereocenters. The van der Waals surface area contributed by atoms with Gasteiger partial charge in [0.1, 0.15) is 5.60 Å². The Labute approximate surface area is 106 Å². The van der Waals surface area contributed by atoms with Crippen LogP contribution in [0.15, 0.2) is 0 Å². The fraction of sp³-hybridized carbons (Fsp3) is 0.909. The van der Waals surface area contributed by atoms with Crippen LogP contribution in [0.1, 0.15) is 33.6 Å². The van der Waals surface area contributed by atoms with Crippen molar-refractivity contribution in [3.63, 3.8) is 0 Å². The average molecular weight is 293 g/mol. The van der Waals surface area contributed by atoms with Crippen LogP contribution in [-0.4, -0.2) is 35.3 Å². The highest BCUT2D eigenvalue weighted by atomic mass is 79.9. The van der Waals surface area contributed by atoms with E-state index in [0.29, 0.717) is 5.92 Å². The fourth-order valence-electron chi connectivity index (χ4n) is 1.68. The highest BCUT2D eigenvalue weighted by Crippen LogP contribution is 2.18. The summed E-state index contributed by atoms with van der Waals surface area (Å²) in [6.07, 6.45) is 1.93. The molecule has 1 aliphatic heterocycles. The van der Waals surface area contributed by atoms with Crippen molar-refractivity contribution in [3.8, 4) is 0 Å². The Morgan fingerprint density at radius 2 is 2.00 bits per heavy atom. The quantitative estimate of drug-likeness (QED) is 0.795. The van der Waals surface area contributed by atoms with Crippen LogP contribution in [0.5, 0.6) is 0 Å². The normalized spacial score (nSPS) is 18.2. The molecular weight excluding hydrogens is 272 g/mol. The summed E-state index contributed by atoms with van der Waals surface area (Å²) < 4.78 is 6.77. The molecule has 1 rings (SSSR count). The van der Waals surface area contributed by atoms with Gasteiger partial charge in [0.05, 0.1) is 16.1 Å². The van der Waals surface area contributed by atoms with Crippen molar-refractivity contribution in [2.24, 2.45) is 5.92 Å². The Morgan fingerprint density at radius 1 is 1.44 bits per heavy atom. The highest BCUT2D eigenvalue weighted by Gasteiger charge is 2.23. The van der Waals surface area contributed by atoms with Crippen LogP contribution in [0.25, 0.3) is 0 Å². The zero-order chi connectivity index (χ0) is 12.2. The number of piperidine rings is 1. The van der Waals surface area contributed by atoms with Gasteiger partial charge in [-0.1, -0.05) is 0 Å². The van der Waals surface area contributed by atoms with E-state index < -0.39 is 5.60 Å². The maximum atomic E-state index is 11.7. The third kappa shape index (κ3) is 5.16. The van der Waals surface area contributed by atoms with Crippen molar-refractivity contribution in [1.82, 2.24) is 9.24 Å². The standard InChI is InChI=1S/C11H21BrN2O2/c1-11(2,3)16-10(15)14(12)8-9-4-6-13-7-5-9/h9,13H,4-8H2,1-3H3. The number of amides is 1. The fourth-order valence-corrected chi connectivity index (χ4v) is 2.16. The number of rotatable bonds is 2. The molecular formula is C11H21BrN2O2. The van der Waals surface area contributed by atoms with Gasteiger partial charge in [-0.15, -0.1) is 0 Å². The molecule has 1 fully saturated rings. The molecule has 1 N–H and O–H groups in total. The SMILES string of the molecule is CC(C)(C)OC(=O)N(Br)CC1CCNCC1. The number of ether oxygens (including phenoxy) is 1. The zero-order valence-corrected chi connectivity index (χ0v) is 11.8. The first-order chi connectivity index (χ1) is 7.38. The smallest absolute Gasteiger partial charge is 0.420 e. The molecule has 0 aromatic rings. The summed E-state index contributed by atoms with van der Waals surface area (Å²) in [7, 11) is 0. The summed E-state index contributed by atoms with van der Waals surface area (Å²) in [4.78, 5) is 11.7. The van der Waals surface area contributed by atoms with Gasteiger partial charge in [0.2, 0.25) is 0 Å². The van der Waals surface area contributed by atoms with E-state index in [-0.39, 0.29) is 6.09 Å². The van der Waals surface area contributed by atoms with E-state index in [9.17, 15) is 4.79 Å². The van der Waals surface area contributed by atoms with Gasteiger partial charge >= 0.3 is 6.09 Å². The number of carbonyl (C=O) groups excluding carboxylic acids is 1. The lowest BCUT2D eigenvalue weighted by atomic mass is 9.98. The number of halogens is 1. The molecule has 0 aromatic heterocycles. The van der Waals surface area contributed by atoms with Crippen LogP contribution in [-0.2, 0) is 4.74 Å². The molecule has 1 saturated heterocycles. The summed E-state index contributed by atoms with van der Waals surface area (Å²) in [6, 6.07) is 0. The Balaban J connectivity index is 2.33. The lowest BCUT2D eigenvalue weighted by Gasteiger charge is -2.28. The molecule has 1 amide bonds. The molecule has 16 heavy (non-hydrogen) atoms. The van der Waals surface area contributed by atoms with E-state index in [0.717, 1.165) is 32.5 Å². The van der Waals surface area contributed by atoms with Gasteiger partial charge in [0.15, 0.2) is 0 Å². The van der Waals surface area contributed by atoms with Gasteiger partial charge in [-0.3, -0.25) is 0 Å². The molecule has 0 aromatic carbocycles. The molecule has 0 unspecified atom stereocenters. The number of carbonyl (C=O) groups is 1. The Morgan fingerprint density at radius 3 is 2.50 bits per heavy atom. The summed E-state index contributed by atoms with van der Waals surface area (Å²) in [5.41, 5.74) is -0.433. The molecule has 5 heteroatoms. The topological polar surface area (TPSA) is 41.6 Å². The first-order valence-electron chi connectivity index (χ1n) is 5.75. The molecule has 1 heterocycles. The molecule has 0 saturated carbocycles. The summed E-state index contributed by atoms with van der Waals surface area (Å²) in [6.45, 7) is 8.42. The second-order valence-corrected chi connectivity index (χ2v) is 6.07. The first-order valence-corrected chi connectivity index (χ1v) is 6.46. The van der Waals surface area contributed by atoms with Crippen molar-refractivity contribution in [2.75, 3.05) is 19.6 Å². The van der Waals surface area contributed by atoms with Gasteiger partial charge in [-0.25, -0.2) is 8.72 Å². The van der Waals surface area contributed by atoms with Crippen molar-refractivity contribution >= 4 is 22.2 Å². The minimum atomic E-state index is -0.433. The summed E-state index contributed by atoms with van der Waals surface area (Å²) in [5, 5.41) is 3.31. The largest absolute Gasteiger partial charge is 0.443 e. The molecule has 4 nitrogen and oxygen atoms in total. The van der Waals surface area contributed by atoms with Crippen molar-refractivity contribution in [1.29, 1.82) is 0 Å². The van der Waals surface area contributed by atoms with E-state index in [4.69, 9.17) is 4.74 Å². The van der Waals surface area contributed by atoms with Gasteiger partial charge in [-0.05, 0) is 52.6 Å². The van der Waals surface area contributed by atoms with Gasteiger partial charge in [0, 0.05) is 6.54 Å². The predicted molar refractivity (Wildman–Crippen MR) is 67.5 cm³/mol. The third-order valence-electron chi connectivity index (χ3n) is 2.47. The van der Waals surface area contributed by atoms with E-state index in [1.54, 1.807) is 0 Å². The van der Waals surface area contributed by atoms with Crippen LogP contribution in [0.3, 0.4) is 0 Å².